The number of likely N-dealkylation sites (N-methyl/N-ethyl adjacent to an activating group) is 2. The molecule has 170 valence electrons. The van der Waals surface area contributed by atoms with Crippen molar-refractivity contribution in [1.29, 1.82) is 0 Å². The second-order valence-electron chi connectivity index (χ2n) is 7.85. The van der Waals surface area contributed by atoms with E-state index in [0.717, 1.165) is 40.5 Å². The molecule has 4 rings (SSSR count). The van der Waals surface area contributed by atoms with Gasteiger partial charge in [-0.2, -0.15) is 0 Å². The molecule has 0 bridgehead atoms. The number of fused-ring (bicyclic) bond motifs is 1. The molecule has 0 saturated carbocycles. The molecule has 0 saturated heterocycles. The molecule has 0 radical (unpaired) electrons. The van der Waals surface area contributed by atoms with Gasteiger partial charge in [-0.25, -0.2) is 9.78 Å². The smallest absolute Gasteiger partial charge is 0.409 e. The third-order valence-electron chi connectivity index (χ3n) is 5.51. The number of aromatic amines is 1. The molecule has 1 amide bonds. The molecular weight excluding hydrogens is 438 g/mol. The number of benzene rings is 3. The van der Waals surface area contributed by atoms with Gasteiger partial charge in [-0.1, -0.05) is 48.0 Å². The molecule has 0 spiro atoms. The Morgan fingerprint density at radius 1 is 1.12 bits per heavy atom. The molecule has 0 fully saturated rings. The molecule has 3 aromatic carbocycles. The minimum absolute atomic E-state index is 0.0915. The number of hydrogen-bond donors (Lipinski definition) is 3. The van der Waals surface area contributed by atoms with Crippen LogP contribution in [0, 0.1) is 0 Å². The van der Waals surface area contributed by atoms with E-state index < -0.39 is 6.09 Å². The molecule has 1 unspecified atom stereocenters. The fraction of sp³-hybridized carbons (Fsp3) is 0.200. The summed E-state index contributed by atoms with van der Waals surface area (Å²) in [5, 5.41) is 3.94. The minimum Gasteiger partial charge on any atom is -0.410 e. The van der Waals surface area contributed by atoms with Crippen molar-refractivity contribution in [2.75, 3.05) is 27.2 Å². The molecule has 8 heteroatoms. The summed E-state index contributed by atoms with van der Waals surface area (Å²) in [7, 11) is 4.08. The largest absolute Gasteiger partial charge is 0.410 e. The highest BCUT2D eigenvalue weighted by molar-refractivity contribution is 6.30. The fourth-order valence-electron chi connectivity index (χ4n) is 3.89. The van der Waals surface area contributed by atoms with Gasteiger partial charge < -0.3 is 20.8 Å². The van der Waals surface area contributed by atoms with Crippen molar-refractivity contribution in [1.82, 2.24) is 20.2 Å². The van der Waals surface area contributed by atoms with Gasteiger partial charge in [0.2, 0.25) is 0 Å². The number of nitrogens with zero attached hydrogens (tertiary/aromatic N) is 2. The van der Waals surface area contributed by atoms with E-state index in [2.05, 4.69) is 63.6 Å². The lowest BCUT2D eigenvalue weighted by Crippen LogP contribution is -2.31. The van der Waals surface area contributed by atoms with Gasteiger partial charge in [0.25, 0.3) is 0 Å². The first-order valence-corrected chi connectivity index (χ1v) is 11.0. The van der Waals surface area contributed by atoms with Crippen molar-refractivity contribution in [3.05, 3.63) is 82.9 Å². The van der Waals surface area contributed by atoms with Gasteiger partial charge >= 0.3 is 6.09 Å². The number of carbonyl (C=O) groups is 1. The summed E-state index contributed by atoms with van der Waals surface area (Å²) < 4.78 is 4.95. The monoisotopic (exact) mass is 463 g/mol. The van der Waals surface area contributed by atoms with Crippen molar-refractivity contribution in [2.24, 2.45) is 5.73 Å². The van der Waals surface area contributed by atoms with Crippen LogP contribution in [-0.4, -0.2) is 48.1 Å². The Morgan fingerprint density at radius 3 is 2.42 bits per heavy atom. The van der Waals surface area contributed by atoms with Crippen LogP contribution >= 0.6 is 11.6 Å². The zero-order valence-corrected chi connectivity index (χ0v) is 19.3. The number of carbonyl (C=O) groups excluding carboxylic acids is 1. The van der Waals surface area contributed by atoms with Crippen molar-refractivity contribution >= 4 is 28.7 Å². The predicted octanol–water partition coefficient (Wildman–Crippen LogP) is 4.58. The zero-order valence-electron chi connectivity index (χ0n) is 18.5. The Hall–Kier alpha value is -3.39. The average Bonchev–Trinajstić information content (AvgIpc) is 3.22. The standard InChI is InChI=1S/C25H26ClN5O2/c1-28-13-14-31(2)23(17-7-9-19(26)10-8-17)16-3-5-18(6-4-16)24-29-21-12-11-20(33-25(27)32)15-22(21)30-24/h3-12,15,23,28H,13-14H2,1-2H3,(H2,27,32)(H,29,30). The van der Waals surface area contributed by atoms with E-state index >= 15 is 0 Å². The Labute approximate surface area is 197 Å². The van der Waals surface area contributed by atoms with Gasteiger partial charge in [0.1, 0.15) is 11.6 Å². The molecule has 0 aliphatic rings. The number of ether oxygens (including phenoxy) is 1. The van der Waals surface area contributed by atoms with Crippen LogP contribution in [0.4, 0.5) is 4.79 Å². The number of H-pyrrole nitrogens is 1. The first-order chi connectivity index (χ1) is 15.9. The average molecular weight is 464 g/mol. The number of rotatable bonds is 8. The number of amides is 1. The minimum atomic E-state index is -0.848. The molecule has 1 atom stereocenters. The first-order valence-electron chi connectivity index (χ1n) is 10.6. The lowest BCUT2D eigenvalue weighted by Gasteiger charge is -2.29. The molecule has 33 heavy (non-hydrogen) atoms. The van der Waals surface area contributed by atoms with Crippen LogP contribution < -0.4 is 15.8 Å². The quantitative estimate of drug-likeness (QED) is 0.355. The molecular formula is C25H26ClN5O2. The second kappa shape index (κ2) is 10.0. The van der Waals surface area contributed by atoms with Gasteiger partial charge in [-0.3, -0.25) is 4.90 Å². The van der Waals surface area contributed by atoms with Crippen molar-refractivity contribution in [3.8, 4) is 17.1 Å². The molecule has 4 N–H and O–H groups in total. The summed E-state index contributed by atoms with van der Waals surface area (Å²) in [4.78, 5) is 21.3. The highest BCUT2D eigenvalue weighted by atomic mass is 35.5. The number of imidazole rings is 1. The van der Waals surface area contributed by atoms with Crippen LogP contribution in [-0.2, 0) is 0 Å². The van der Waals surface area contributed by atoms with E-state index in [1.54, 1.807) is 18.2 Å². The normalized spacial score (nSPS) is 12.2. The summed E-state index contributed by atoms with van der Waals surface area (Å²) in [6.45, 7) is 1.78. The van der Waals surface area contributed by atoms with Crippen LogP contribution in [0.3, 0.4) is 0 Å². The lowest BCUT2D eigenvalue weighted by molar-refractivity contribution is 0.211. The summed E-state index contributed by atoms with van der Waals surface area (Å²) in [6, 6.07) is 21.6. The van der Waals surface area contributed by atoms with Crippen LogP contribution in [0.5, 0.6) is 5.75 Å². The van der Waals surface area contributed by atoms with Gasteiger partial charge in [0.05, 0.1) is 17.1 Å². The third kappa shape index (κ3) is 5.34. The number of halogens is 1. The Bertz CT molecular complexity index is 1240. The Morgan fingerprint density at radius 2 is 1.79 bits per heavy atom. The van der Waals surface area contributed by atoms with Gasteiger partial charge in [-0.05, 0) is 49.5 Å². The van der Waals surface area contributed by atoms with Crippen LogP contribution in [0.1, 0.15) is 17.2 Å². The summed E-state index contributed by atoms with van der Waals surface area (Å²) in [5.41, 5.74) is 9.95. The Kier molecular flexibility index (Phi) is 6.93. The fourth-order valence-corrected chi connectivity index (χ4v) is 4.02. The van der Waals surface area contributed by atoms with Crippen molar-refractivity contribution < 1.29 is 9.53 Å². The molecule has 1 heterocycles. The van der Waals surface area contributed by atoms with Gasteiger partial charge in [0.15, 0.2) is 0 Å². The molecule has 0 aliphatic carbocycles. The molecule has 4 aromatic rings. The van der Waals surface area contributed by atoms with Crippen LogP contribution in [0.15, 0.2) is 66.7 Å². The summed E-state index contributed by atoms with van der Waals surface area (Å²) in [6.07, 6.45) is -0.848. The van der Waals surface area contributed by atoms with Gasteiger partial charge in [-0.15, -0.1) is 0 Å². The maximum absolute atomic E-state index is 11.0. The topological polar surface area (TPSA) is 96.3 Å². The van der Waals surface area contributed by atoms with Crippen LogP contribution in [0.2, 0.25) is 5.02 Å². The number of hydrogen-bond acceptors (Lipinski definition) is 5. The van der Waals surface area contributed by atoms with E-state index in [9.17, 15) is 4.79 Å². The number of nitrogens with two attached hydrogens (primary N) is 1. The van der Waals surface area contributed by atoms with Crippen molar-refractivity contribution in [3.63, 3.8) is 0 Å². The second-order valence-corrected chi connectivity index (χ2v) is 8.28. The van der Waals surface area contributed by atoms with Crippen LogP contribution in [0.25, 0.3) is 22.4 Å². The number of nitrogens with one attached hydrogen (secondary N) is 2. The molecule has 1 aromatic heterocycles. The Balaban J connectivity index is 1.63. The number of aromatic nitrogens is 2. The van der Waals surface area contributed by atoms with Crippen molar-refractivity contribution in [2.45, 2.75) is 6.04 Å². The summed E-state index contributed by atoms with van der Waals surface area (Å²) >= 11 is 6.12. The van der Waals surface area contributed by atoms with E-state index in [0.29, 0.717) is 5.75 Å². The highest BCUT2D eigenvalue weighted by Gasteiger charge is 2.19. The molecule has 7 nitrogen and oxygen atoms in total. The lowest BCUT2D eigenvalue weighted by atomic mass is 9.96. The first kappa shape index (κ1) is 22.8. The molecule has 0 aliphatic heterocycles. The van der Waals surface area contributed by atoms with E-state index in [4.69, 9.17) is 22.1 Å². The third-order valence-corrected chi connectivity index (χ3v) is 5.76. The maximum atomic E-state index is 11.0. The summed E-state index contributed by atoms with van der Waals surface area (Å²) in [5.74, 6) is 1.11. The zero-order chi connectivity index (χ0) is 23.4. The van der Waals surface area contributed by atoms with E-state index in [-0.39, 0.29) is 6.04 Å². The van der Waals surface area contributed by atoms with Gasteiger partial charge in [0, 0.05) is 29.7 Å². The predicted molar refractivity (Wildman–Crippen MR) is 132 cm³/mol. The number of primary amides is 1. The van der Waals surface area contributed by atoms with E-state index in [1.165, 1.54) is 11.1 Å². The highest BCUT2D eigenvalue weighted by Crippen LogP contribution is 2.31. The SMILES string of the molecule is CNCCN(C)C(c1ccc(Cl)cc1)c1ccc(-c2nc3ccc(OC(N)=O)cc3[nH]2)cc1. The maximum Gasteiger partial charge on any atom is 0.409 e. The van der Waals surface area contributed by atoms with E-state index in [1.807, 2.05) is 19.2 Å².